The molecule has 22 heavy (non-hydrogen) atoms. The first-order chi connectivity index (χ1) is 10.7. The second kappa shape index (κ2) is 5.73. The number of methoxy groups -OCH3 is 1. The number of carbonyl (C=O) groups is 1. The fraction of sp³-hybridized carbons (Fsp3) is 0.118. The zero-order chi connectivity index (χ0) is 15.7. The minimum atomic E-state index is -0.231. The number of halogens is 1. The first kappa shape index (κ1) is 14.5. The van der Waals surface area contributed by atoms with E-state index in [0.717, 1.165) is 5.39 Å². The molecule has 0 unspecified atom stereocenters. The zero-order valence-electron chi connectivity index (χ0n) is 12.1. The van der Waals surface area contributed by atoms with Gasteiger partial charge in [0.1, 0.15) is 11.3 Å². The highest BCUT2D eigenvalue weighted by Gasteiger charge is 2.21. The predicted molar refractivity (Wildman–Crippen MR) is 87.2 cm³/mol. The van der Waals surface area contributed by atoms with Gasteiger partial charge in [-0.15, -0.1) is 0 Å². The molecular weight excluding hydrogens is 302 g/mol. The van der Waals surface area contributed by atoms with Crippen LogP contribution in [0.15, 0.2) is 46.9 Å². The Morgan fingerprint density at radius 1 is 1.23 bits per heavy atom. The summed E-state index contributed by atoms with van der Waals surface area (Å²) in [6.07, 6.45) is 0. The smallest absolute Gasteiger partial charge is 0.230 e. The van der Waals surface area contributed by atoms with Crippen LogP contribution in [0.2, 0.25) is 5.02 Å². The molecule has 4 nitrogen and oxygen atoms in total. The van der Waals surface area contributed by atoms with Gasteiger partial charge in [-0.1, -0.05) is 23.7 Å². The van der Waals surface area contributed by atoms with Crippen molar-refractivity contribution in [3.63, 3.8) is 0 Å². The van der Waals surface area contributed by atoms with Gasteiger partial charge in [-0.25, -0.2) is 0 Å². The Hall–Kier alpha value is -2.46. The molecule has 5 heteroatoms. The van der Waals surface area contributed by atoms with E-state index in [-0.39, 0.29) is 11.5 Å². The summed E-state index contributed by atoms with van der Waals surface area (Å²) in [4.78, 5) is 12.7. The summed E-state index contributed by atoms with van der Waals surface area (Å²) in [5, 5.41) is 4.29. The Morgan fingerprint density at radius 3 is 2.68 bits per heavy atom. The lowest BCUT2D eigenvalue weighted by atomic mass is 10.1. The van der Waals surface area contributed by atoms with E-state index in [4.69, 9.17) is 20.8 Å². The third-order valence-electron chi connectivity index (χ3n) is 3.47. The molecule has 1 heterocycles. The van der Waals surface area contributed by atoms with Gasteiger partial charge >= 0.3 is 0 Å². The van der Waals surface area contributed by atoms with Gasteiger partial charge in [0.2, 0.25) is 5.78 Å². The van der Waals surface area contributed by atoms with Crippen molar-refractivity contribution in [3.05, 3.63) is 58.8 Å². The molecule has 0 aliphatic carbocycles. The number of ether oxygens (including phenoxy) is 1. The summed E-state index contributed by atoms with van der Waals surface area (Å²) >= 11 is 6.09. The largest absolute Gasteiger partial charge is 0.495 e. The van der Waals surface area contributed by atoms with Gasteiger partial charge in [-0.05, 0) is 30.3 Å². The lowest BCUT2D eigenvalue weighted by Gasteiger charge is -2.05. The van der Waals surface area contributed by atoms with E-state index in [0.29, 0.717) is 27.6 Å². The van der Waals surface area contributed by atoms with Crippen molar-refractivity contribution in [2.75, 3.05) is 19.5 Å². The average Bonchev–Trinajstić information content (AvgIpc) is 2.92. The lowest BCUT2D eigenvalue weighted by Crippen LogP contribution is -2.03. The van der Waals surface area contributed by atoms with Gasteiger partial charge in [0.05, 0.1) is 17.8 Å². The molecule has 0 spiro atoms. The SMILES string of the molecule is CNc1c(C(=O)c2ccc(OC)c(Cl)c2)oc2ccccc12. The van der Waals surface area contributed by atoms with Crippen molar-refractivity contribution in [3.8, 4) is 5.75 Å². The molecule has 1 N–H and O–H groups in total. The monoisotopic (exact) mass is 315 g/mol. The van der Waals surface area contributed by atoms with Gasteiger partial charge in [-0.3, -0.25) is 4.79 Å². The van der Waals surface area contributed by atoms with Crippen LogP contribution in [-0.2, 0) is 0 Å². The Kier molecular flexibility index (Phi) is 3.77. The van der Waals surface area contributed by atoms with E-state index in [9.17, 15) is 4.79 Å². The summed E-state index contributed by atoms with van der Waals surface area (Å²) in [5.74, 6) is 0.562. The molecule has 2 aromatic carbocycles. The second-order valence-electron chi connectivity index (χ2n) is 4.73. The highest BCUT2D eigenvalue weighted by Crippen LogP contribution is 2.33. The minimum Gasteiger partial charge on any atom is -0.495 e. The van der Waals surface area contributed by atoms with E-state index < -0.39 is 0 Å². The minimum absolute atomic E-state index is 0.231. The van der Waals surface area contributed by atoms with Gasteiger partial charge in [0, 0.05) is 18.0 Å². The van der Waals surface area contributed by atoms with Crippen LogP contribution in [0.4, 0.5) is 5.69 Å². The average molecular weight is 316 g/mol. The van der Waals surface area contributed by atoms with E-state index in [1.165, 1.54) is 7.11 Å². The van der Waals surface area contributed by atoms with Crippen LogP contribution in [0.3, 0.4) is 0 Å². The number of carbonyl (C=O) groups excluding carboxylic acids is 1. The second-order valence-corrected chi connectivity index (χ2v) is 5.14. The van der Waals surface area contributed by atoms with Gasteiger partial charge in [0.25, 0.3) is 0 Å². The summed E-state index contributed by atoms with van der Waals surface area (Å²) in [6, 6.07) is 12.4. The molecule has 0 amide bonds. The molecule has 3 aromatic rings. The van der Waals surface area contributed by atoms with Crippen molar-refractivity contribution >= 4 is 34.0 Å². The van der Waals surface area contributed by atoms with E-state index in [1.807, 2.05) is 24.3 Å². The van der Waals surface area contributed by atoms with E-state index in [2.05, 4.69) is 5.32 Å². The fourth-order valence-electron chi connectivity index (χ4n) is 2.39. The first-order valence-corrected chi connectivity index (χ1v) is 7.11. The number of para-hydroxylation sites is 1. The van der Waals surface area contributed by atoms with Crippen molar-refractivity contribution in [2.24, 2.45) is 0 Å². The predicted octanol–water partition coefficient (Wildman–Crippen LogP) is 4.37. The molecule has 0 atom stereocenters. The van der Waals surface area contributed by atoms with Crippen LogP contribution in [0.25, 0.3) is 11.0 Å². The van der Waals surface area contributed by atoms with Crippen molar-refractivity contribution < 1.29 is 13.9 Å². The molecular formula is C17H14ClNO3. The molecule has 112 valence electrons. The Balaban J connectivity index is 2.10. The van der Waals surface area contributed by atoms with Crippen molar-refractivity contribution in [1.29, 1.82) is 0 Å². The van der Waals surface area contributed by atoms with Gasteiger partial charge in [-0.2, -0.15) is 0 Å². The standard InChI is InChI=1S/C17H14ClNO3/c1-19-15-11-5-3-4-6-13(11)22-17(15)16(20)10-7-8-14(21-2)12(18)9-10/h3-9,19H,1-2H3. The molecule has 0 fully saturated rings. The maximum absolute atomic E-state index is 12.7. The Labute approximate surface area is 132 Å². The maximum atomic E-state index is 12.7. The number of fused-ring (bicyclic) bond motifs is 1. The number of rotatable bonds is 4. The van der Waals surface area contributed by atoms with Crippen LogP contribution in [0, 0.1) is 0 Å². The topological polar surface area (TPSA) is 51.5 Å². The zero-order valence-corrected chi connectivity index (χ0v) is 12.9. The number of furan rings is 1. The van der Waals surface area contributed by atoms with Gasteiger partial charge < -0.3 is 14.5 Å². The van der Waals surface area contributed by atoms with Crippen molar-refractivity contribution in [1.82, 2.24) is 0 Å². The summed E-state index contributed by atoms with van der Waals surface area (Å²) < 4.78 is 10.8. The third-order valence-corrected chi connectivity index (χ3v) is 3.76. The fourth-order valence-corrected chi connectivity index (χ4v) is 2.65. The number of benzene rings is 2. The molecule has 1 aromatic heterocycles. The number of anilines is 1. The van der Waals surface area contributed by atoms with Gasteiger partial charge in [0.15, 0.2) is 5.76 Å². The Bertz CT molecular complexity index is 854. The van der Waals surface area contributed by atoms with Crippen LogP contribution in [-0.4, -0.2) is 19.9 Å². The summed E-state index contributed by atoms with van der Waals surface area (Å²) in [7, 11) is 3.29. The lowest BCUT2D eigenvalue weighted by molar-refractivity contribution is 0.101. The number of nitrogens with one attached hydrogen (secondary N) is 1. The quantitative estimate of drug-likeness (QED) is 0.726. The molecule has 3 rings (SSSR count). The maximum Gasteiger partial charge on any atom is 0.230 e. The highest BCUT2D eigenvalue weighted by molar-refractivity contribution is 6.32. The van der Waals surface area contributed by atoms with Crippen LogP contribution in [0.5, 0.6) is 5.75 Å². The first-order valence-electron chi connectivity index (χ1n) is 6.73. The van der Waals surface area contributed by atoms with Crippen LogP contribution in [0.1, 0.15) is 16.1 Å². The highest BCUT2D eigenvalue weighted by atomic mass is 35.5. The summed E-state index contributed by atoms with van der Waals surface area (Å²) in [5.41, 5.74) is 1.78. The number of hydrogen-bond acceptors (Lipinski definition) is 4. The van der Waals surface area contributed by atoms with E-state index in [1.54, 1.807) is 25.2 Å². The molecule has 0 aliphatic heterocycles. The Morgan fingerprint density at radius 2 is 2.00 bits per heavy atom. The summed E-state index contributed by atoms with van der Waals surface area (Å²) in [6.45, 7) is 0. The number of ketones is 1. The number of hydrogen-bond donors (Lipinski definition) is 1. The molecule has 0 saturated heterocycles. The molecule has 0 radical (unpaired) electrons. The molecule has 0 saturated carbocycles. The molecule has 0 bridgehead atoms. The molecule has 0 aliphatic rings. The van der Waals surface area contributed by atoms with Crippen molar-refractivity contribution in [2.45, 2.75) is 0 Å². The third kappa shape index (κ3) is 2.31. The van der Waals surface area contributed by atoms with Crippen LogP contribution < -0.4 is 10.1 Å². The normalized spacial score (nSPS) is 10.7. The van der Waals surface area contributed by atoms with Crippen LogP contribution >= 0.6 is 11.6 Å². The van der Waals surface area contributed by atoms with E-state index >= 15 is 0 Å².